The van der Waals surface area contributed by atoms with Crippen LogP contribution in [0.3, 0.4) is 0 Å². The first-order valence-electron chi connectivity index (χ1n) is 6.92. The van der Waals surface area contributed by atoms with Gasteiger partial charge in [-0.15, -0.1) is 10.2 Å². The number of nitriles is 1. The zero-order valence-electron chi connectivity index (χ0n) is 12.3. The van der Waals surface area contributed by atoms with Gasteiger partial charge >= 0.3 is 0 Å². The second-order valence-corrected chi connectivity index (χ2v) is 4.82. The maximum Gasteiger partial charge on any atom is 0.270 e. The Morgan fingerprint density at radius 2 is 1.92 bits per heavy atom. The highest BCUT2D eigenvalue weighted by molar-refractivity contribution is 5.67. The molecule has 0 aliphatic carbocycles. The summed E-state index contributed by atoms with van der Waals surface area (Å²) in [6.45, 7) is 0. The molecular weight excluding hydrogens is 308 g/mol. The molecule has 3 aromatic rings. The molecular formula is C17H10N4O3. The van der Waals surface area contributed by atoms with Crippen LogP contribution in [0.5, 0.6) is 0 Å². The predicted molar refractivity (Wildman–Crippen MR) is 86.5 cm³/mol. The third kappa shape index (κ3) is 3.34. The minimum atomic E-state index is -0.481. The number of non-ortho nitro benzene ring substituents is 1. The van der Waals surface area contributed by atoms with E-state index >= 15 is 0 Å². The molecule has 7 heteroatoms. The van der Waals surface area contributed by atoms with Gasteiger partial charge in [0.25, 0.3) is 5.69 Å². The third-order valence-electron chi connectivity index (χ3n) is 3.20. The first-order valence-corrected chi connectivity index (χ1v) is 6.92. The number of hydrogen-bond donors (Lipinski definition) is 0. The topological polar surface area (TPSA) is 106 Å². The summed E-state index contributed by atoms with van der Waals surface area (Å²) < 4.78 is 5.49. The molecule has 0 amide bonds. The largest absolute Gasteiger partial charge is 0.417 e. The molecule has 1 aromatic heterocycles. The predicted octanol–water partition coefficient (Wildman–Crippen LogP) is 3.69. The lowest BCUT2D eigenvalue weighted by molar-refractivity contribution is -0.384. The molecule has 0 fully saturated rings. The third-order valence-corrected chi connectivity index (χ3v) is 3.20. The maximum absolute atomic E-state index is 10.8. The van der Waals surface area contributed by atoms with Crippen LogP contribution in [0.4, 0.5) is 5.69 Å². The smallest absolute Gasteiger partial charge is 0.270 e. The number of aromatic nitrogens is 2. The number of nitro benzene ring substituents is 1. The quantitative estimate of drug-likeness (QED) is 0.536. The van der Waals surface area contributed by atoms with E-state index < -0.39 is 4.92 Å². The standard InChI is InChI=1S/C17H10N4O3/c18-11-13-6-4-12(5-7-13)8-9-16-19-20-17(24-16)14-2-1-3-15(10-14)21(22)23/h1-10H/b9-8-. The van der Waals surface area contributed by atoms with Crippen LogP contribution < -0.4 is 0 Å². The minimum absolute atomic E-state index is 0.0413. The van der Waals surface area contributed by atoms with Crippen molar-refractivity contribution in [2.24, 2.45) is 0 Å². The molecule has 2 aromatic carbocycles. The van der Waals surface area contributed by atoms with Gasteiger partial charge in [0.05, 0.1) is 16.6 Å². The van der Waals surface area contributed by atoms with Gasteiger partial charge in [-0.1, -0.05) is 18.2 Å². The molecule has 0 N–H and O–H groups in total. The van der Waals surface area contributed by atoms with E-state index in [0.717, 1.165) is 5.56 Å². The van der Waals surface area contributed by atoms with E-state index in [1.807, 2.05) is 6.07 Å². The van der Waals surface area contributed by atoms with Crippen LogP contribution in [0.2, 0.25) is 0 Å². The lowest BCUT2D eigenvalue weighted by Crippen LogP contribution is -1.88. The van der Waals surface area contributed by atoms with E-state index in [9.17, 15) is 10.1 Å². The molecule has 0 spiro atoms. The van der Waals surface area contributed by atoms with Gasteiger partial charge in [-0.25, -0.2) is 0 Å². The average Bonchev–Trinajstić information content (AvgIpc) is 3.09. The molecule has 116 valence electrons. The van der Waals surface area contributed by atoms with Gasteiger partial charge in [0, 0.05) is 23.8 Å². The number of hydrogen-bond acceptors (Lipinski definition) is 6. The summed E-state index contributed by atoms with van der Waals surface area (Å²) in [4.78, 5) is 10.3. The van der Waals surface area contributed by atoms with E-state index in [0.29, 0.717) is 11.1 Å². The summed E-state index contributed by atoms with van der Waals surface area (Å²) in [5.41, 5.74) is 1.90. The Morgan fingerprint density at radius 1 is 1.12 bits per heavy atom. The monoisotopic (exact) mass is 318 g/mol. The fraction of sp³-hybridized carbons (Fsp3) is 0. The lowest BCUT2D eigenvalue weighted by Gasteiger charge is -1.94. The normalized spacial score (nSPS) is 10.6. The van der Waals surface area contributed by atoms with E-state index in [1.54, 1.807) is 48.6 Å². The van der Waals surface area contributed by atoms with Gasteiger partial charge in [-0.3, -0.25) is 10.1 Å². The first-order chi connectivity index (χ1) is 11.7. The summed E-state index contributed by atoms with van der Waals surface area (Å²) in [5.74, 6) is 0.485. The fourth-order valence-corrected chi connectivity index (χ4v) is 2.01. The Balaban J connectivity index is 1.80. The SMILES string of the molecule is N#Cc1ccc(/C=C\c2nnc(-c3cccc([N+](=O)[O-])c3)o2)cc1. The van der Waals surface area contributed by atoms with Crippen LogP contribution >= 0.6 is 0 Å². The van der Waals surface area contributed by atoms with Crippen molar-refractivity contribution in [1.29, 1.82) is 5.26 Å². The number of nitrogens with zero attached hydrogens (tertiary/aromatic N) is 4. The van der Waals surface area contributed by atoms with Crippen LogP contribution in [-0.2, 0) is 0 Å². The van der Waals surface area contributed by atoms with Crippen molar-refractivity contribution < 1.29 is 9.34 Å². The van der Waals surface area contributed by atoms with Crippen molar-refractivity contribution in [3.05, 3.63) is 75.7 Å². The molecule has 0 saturated carbocycles. The molecule has 0 radical (unpaired) electrons. The van der Waals surface area contributed by atoms with Crippen LogP contribution in [0.15, 0.2) is 52.9 Å². The van der Waals surface area contributed by atoms with Crippen molar-refractivity contribution in [3.8, 4) is 17.5 Å². The lowest BCUT2D eigenvalue weighted by atomic mass is 10.1. The van der Waals surface area contributed by atoms with Gasteiger partial charge < -0.3 is 4.42 Å². The van der Waals surface area contributed by atoms with Gasteiger partial charge in [0.2, 0.25) is 11.8 Å². The average molecular weight is 318 g/mol. The zero-order valence-corrected chi connectivity index (χ0v) is 12.3. The fourth-order valence-electron chi connectivity index (χ4n) is 2.01. The van der Waals surface area contributed by atoms with Crippen molar-refractivity contribution in [1.82, 2.24) is 10.2 Å². The van der Waals surface area contributed by atoms with Crippen LogP contribution in [0.1, 0.15) is 17.0 Å². The van der Waals surface area contributed by atoms with Crippen molar-refractivity contribution in [2.45, 2.75) is 0 Å². The van der Waals surface area contributed by atoms with E-state index in [1.165, 1.54) is 12.1 Å². The summed E-state index contributed by atoms with van der Waals surface area (Å²) in [6.07, 6.45) is 3.40. The minimum Gasteiger partial charge on any atom is -0.417 e. The number of benzene rings is 2. The van der Waals surface area contributed by atoms with Gasteiger partial charge in [0.15, 0.2) is 0 Å². The van der Waals surface area contributed by atoms with Crippen molar-refractivity contribution in [2.75, 3.05) is 0 Å². The molecule has 0 unspecified atom stereocenters. The molecule has 7 nitrogen and oxygen atoms in total. The molecule has 0 aliphatic rings. The molecule has 24 heavy (non-hydrogen) atoms. The van der Waals surface area contributed by atoms with Gasteiger partial charge in [-0.2, -0.15) is 5.26 Å². The van der Waals surface area contributed by atoms with Crippen molar-refractivity contribution >= 4 is 17.8 Å². The summed E-state index contributed by atoms with van der Waals surface area (Å²) in [5, 5.41) is 27.3. The molecule has 0 saturated heterocycles. The Hall–Kier alpha value is -3.79. The number of nitro groups is 1. The Kier molecular flexibility index (Phi) is 4.12. The Morgan fingerprint density at radius 3 is 2.62 bits per heavy atom. The summed E-state index contributed by atoms with van der Waals surface area (Å²) in [7, 11) is 0. The van der Waals surface area contributed by atoms with E-state index in [2.05, 4.69) is 10.2 Å². The summed E-state index contributed by atoms with van der Waals surface area (Å²) in [6, 6.07) is 15.1. The second kappa shape index (κ2) is 6.54. The number of rotatable bonds is 4. The Labute approximate surface area is 136 Å². The second-order valence-electron chi connectivity index (χ2n) is 4.82. The molecule has 3 rings (SSSR count). The molecule has 0 atom stereocenters. The highest BCUT2D eigenvalue weighted by Gasteiger charge is 2.11. The van der Waals surface area contributed by atoms with Gasteiger partial charge in [-0.05, 0) is 29.8 Å². The highest BCUT2D eigenvalue weighted by atomic mass is 16.6. The van der Waals surface area contributed by atoms with E-state index in [-0.39, 0.29) is 17.5 Å². The van der Waals surface area contributed by atoms with Crippen LogP contribution in [0, 0.1) is 21.4 Å². The van der Waals surface area contributed by atoms with Crippen LogP contribution in [0.25, 0.3) is 23.6 Å². The first kappa shape index (κ1) is 15.1. The Bertz CT molecular complexity index is 952. The molecule has 0 bridgehead atoms. The highest BCUT2D eigenvalue weighted by Crippen LogP contribution is 2.23. The molecule has 1 heterocycles. The molecule has 0 aliphatic heterocycles. The summed E-state index contributed by atoms with van der Waals surface area (Å²) >= 11 is 0. The zero-order chi connectivity index (χ0) is 16.9. The van der Waals surface area contributed by atoms with Crippen molar-refractivity contribution in [3.63, 3.8) is 0 Å². The van der Waals surface area contributed by atoms with Gasteiger partial charge in [0.1, 0.15) is 0 Å². The maximum atomic E-state index is 10.8. The van der Waals surface area contributed by atoms with Crippen LogP contribution in [-0.4, -0.2) is 15.1 Å². The van der Waals surface area contributed by atoms with E-state index in [4.69, 9.17) is 9.68 Å².